The van der Waals surface area contributed by atoms with E-state index >= 15 is 0 Å². The van der Waals surface area contributed by atoms with E-state index in [-0.39, 0.29) is 11.8 Å². The number of amides is 1. The summed E-state index contributed by atoms with van der Waals surface area (Å²) in [7, 11) is 1.63. The molecule has 0 spiro atoms. The lowest BCUT2D eigenvalue weighted by molar-refractivity contribution is -0.116. The molecule has 0 fully saturated rings. The highest BCUT2D eigenvalue weighted by molar-refractivity contribution is 5.94. The number of imidazole rings is 1. The molecule has 0 radical (unpaired) electrons. The number of nitrogens with one attached hydrogen (secondary N) is 1. The third-order valence-corrected chi connectivity index (χ3v) is 4.30. The molecule has 1 atom stereocenters. The Morgan fingerprint density at radius 1 is 1.24 bits per heavy atom. The van der Waals surface area contributed by atoms with Gasteiger partial charge in [0.15, 0.2) is 0 Å². The molecule has 0 aliphatic carbocycles. The van der Waals surface area contributed by atoms with Gasteiger partial charge in [-0.15, -0.1) is 0 Å². The number of nitrogen functional groups attached to an aromatic ring is 1. The van der Waals surface area contributed by atoms with Crippen LogP contribution in [0.3, 0.4) is 0 Å². The Balaban J connectivity index is 1.79. The van der Waals surface area contributed by atoms with Gasteiger partial charge < -0.3 is 20.4 Å². The topological polar surface area (TPSA) is 95.1 Å². The van der Waals surface area contributed by atoms with Gasteiger partial charge in [0.05, 0.1) is 13.0 Å². The van der Waals surface area contributed by atoms with Crippen molar-refractivity contribution in [3.8, 4) is 11.4 Å². The number of benzene rings is 1. The Hall–Kier alpha value is -3.35. The zero-order valence-corrected chi connectivity index (χ0v) is 13.6. The van der Waals surface area contributed by atoms with Crippen LogP contribution in [0.2, 0.25) is 0 Å². The SMILES string of the molecule is COc1ccc(-n2ccnc2C2CC(=O)Nc3nc(N)ccc32)cc1. The van der Waals surface area contributed by atoms with Gasteiger partial charge in [-0.3, -0.25) is 4.79 Å². The lowest BCUT2D eigenvalue weighted by Crippen LogP contribution is -2.26. The fourth-order valence-electron chi connectivity index (χ4n) is 3.11. The van der Waals surface area contributed by atoms with Crippen LogP contribution in [0.25, 0.3) is 5.69 Å². The van der Waals surface area contributed by atoms with Gasteiger partial charge >= 0.3 is 0 Å². The number of anilines is 2. The summed E-state index contributed by atoms with van der Waals surface area (Å²) in [5.41, 5.74) is 7.60. The number of methoxy groups -OCH3 is 1. The van der Waals surface area contributed by atoms with Gasteiger partial charge in [0, 0.05) is 30.1 Å². The van der Waals surface area contributed by atoms with Crippen LogP contribution in [0.4, 0.5) is 11.6 Å². The number of fused-ring (bicyclic) bond motifs is 1. The third-order valence-electron chi connectivity index (χ3n) is 4.30. The molecular weight excluding hydrogens is 318 g/mol. The quantitative estimate of drug-likeness (QED) is 0.766. The monoisotopic (exact) mass is 335 g/mol. The van der Waals surface area contributed by atoms with Crippen LogP contribution < -0.4 is 15.8 Å². The van der Waals surface area contributed by atoms with Crippen molar-refractivity contribution in [2.75, 3.05) is 18.2 Å². The summed E-state index contributed by atoms with van der Waals surface area (Å²) < 4.78 is 7.18. The summed E-state index contributed by atoms with van der Waals surface area (Å²) in [5.74, 6) is 2.16. The molecule has 1 aromatic carbocycles. The van der Waals surface area contributed by atoms with Crippen molar-refractivity contribution in [1.29, 1.82) is 0 Å². The molecule has 25 heavy (non-hydrogen) atoms. The zero-order chi connectivity index (χ0) is 17.4. The van der Waals surface area contributed by atoms with Crippen molar-refractivity contribution < 1.29 is 9.53 Å². The summed E-state index contributed by atoms with van der Waals surface area (Å²) in [6.07, 6.45) is 3.93. The normalized spacial score (nSPS) is 16.2. The van der Waals surface area contributed by atoms with Crippen LogP contribution >= 0.6 is 0 Å². The second-order valence-electron chi connectivity index (χ2n) is 5.83. The molecule has 4 rings (SSSR count). The van der Waals surface area contributed by atoms with E-state index in [1.807, 2.05) is 41.1 Å². The van der Waals surface area contributed by atoms with Crippen molar-refractivity contribution in [1.82, 2.24) is 14.5 Å². The number of pyridine rings is 1. The summed E-state index contributed by atoms with van der Waals surface area (Å²) in [6.45, 7) is 0. The molecule has 1 aliphatic rings. The number of nitrogens with zero attached hydrogens (tertiary/aromatic N) is 3. The van der Waals surface area contributed by atoms with E-state index < -0.39 is 0 Å². The number of hydrogen-bond donors (Lipinski definition) is 2. The van der Waals surface area contributed by atoms with Gasteiger partial charge in [-0.05, 0) is 30.3 Å². The summed E-state index contributed by atoms with van der Waals surface area (Å²) >= 11 is 0. The Morgan fingerprint density at radius 3 is 2.80 bits per heavy atom. The minimum atomic E-state index is -0.186. The fourth-order valence-corrected chi connectivity index (χ4v) is 3.11. The predicted molar refractivity (Wildman–Crippen MR) is 93.9 cm³/mol. The molecule has 7 nitrogen and oxygen atoms in total. The average molecular weight is 335 g/mol. The number of carbonyl (C=O) groups is 1. The third kappa shape index (κ3) is 2.69. The van der Waals surface area contributed by atoms with Crippen LogP contribution in [-0.2, 0) is 4.79 Å². The molecular formula is C18H17N5O2. The molecule has 126 valence electrons. The van der Waals surface area contributed by atoms with Crippen LogP contribution in [0.5, 0.6) is 5.75 Å². The first kappa shape index (κ1) is 15.2. The molecule has 1 amide bonds. The van der Waals surface area contributed by atoms with E-state index in [1.54, 1.807) is 19.4 Å². The van der Waals surface area contributed by atoms with E-state index in [9.17, 15) is 4.79 Å². The standard InChI is InChI=1S/C18H17N5O2/c1-25-12-4-2-11(3-5-12)23-9-8-20-18(23)14-10-16(24)22-17-13(14)6-7-15(19)21-17/h2-9,14H,10H2,1H3,(H3,19,21,22,24). The van der Waals surface area contributed by atoms with Crippen LogP contribution in [0, 0.1) is 0 Å². The summed E-state index contributed by atoms with van der Waals surface area (Å²) in [6, 6.07) is 11.3. The Morgan fingerprint density at radius 2 is 2.04 bits per heavy atom. The molecule has 3 heterocycles. The van der Waals surface area contributed by atoms with E-state index in [0.29, 0.717) is 18.1 Å². The van der Waals surface area contributed by atoms with Crippen molar-refractivity contribution in [3.05, 3.63) is 60.2 Å². The number of nitrogens with two attached hydrogens (primary N) is 1. The van der Waals surface area contributed by atoms with Crippen molar-refractivity contribution >= 4 is 17.5 Å². The molecule has 3 aromatic rings. The number of aromatic nitrogens is 3. The zero-order valence-electron chi connectivity index (χ0n) is 13.6. The minimum Gasteiger partial charge on any atom is -0.497 e. The fraction of sp³-hybridized carbons (Fsp3) is 0.167. The van der Waals surface area contributed by atoms with Gasteiger partial charge in [0.2, 0.25) is 5.91 Å². The summed E-state index contributed by atoms with van der Waals surface area (Å²) in [4.78, 5) is 20.9. The first-order valence-corrected chi connectivity index (χ1v) is 7.89. The average Bonchev–Trinajstić information content (AvgIpc) is 3.10. The maximum atomic E-state index is 12.1. The van der Waals surface area contributed by atoms with Crippen LogP contribution in [0.1, 0.15) is 23.7 Å². The van der Waals surface area contributed by atoms with Gasteiger partial charge in [0.1, 0.15) is 23.2 Å². The van der Waals surface area contributed by atoms with E-state index in [4.69, 9.17) is 10.5 Å². The maximum absolute atomic E-state index is 12.1. The molecule has 0 bridgehead atoms. The first-order chi connectivity index (χ1) is 12.2. The predicted octanol–water partition coefficient (Wildman–Crippen LogP) is 2.33. The number of hydrogen-bond acceptors (Lipinski definition) is 5. The maximum Gasteiger partial charge on any atom is 0.226 e. The Kier molecular flexibility index (Phi) is 3.61. The smallest absolute Gasteiger partial charge is 0.226 e. The van der Waals surface area contributed by atoms with Gasteiger partial charge in [-0.2, -0.15) is 0 Å². The molecule has 7 heteroatoms. The lowest BCUT2D eigenvalue weighted by atomic mass is 9.91. The highest BCUT2D eigenvalue weighted by Gasteiger charge is 2.30. The minimum absolute atomic E-state index is 0.0973. The lowest BCUT2D eigenvalue weighted by Gasteiger charge is -2.25. The van der Waals surface area contributed by atoms with E-state index in [0.717, 1.165) is 22.8 Å². The second-order valence-corrected chi connectivity index (χ2v) is 5.83. The Bertz CT molecular complexity index is 933. The van der Waals surface area contributed by atoms with Crippen molar-refractivity contribution in [3.63, 3.8) is 0 Å². The Labute approximate surface area is 144 Å². The molecule has 0 saturated carbocycles. The van der Waals surface area contributed by atoms with Gasteiger partial charge in [-0.25, -0.2) is 9.97 Å². The molecule has 0 saturated heterocycles. The highest BCUT2D eigenvalue weighted by atomic mass is 16.5. The molecule has 2 aromatic heterocycles. The van der Waals surface area contributed by atoms with Crippen LogP contribution in [0.15, 0.2) is 48.8 Å². The van der Waals surface area contributed by atoms with E-state index in [1.165, 1.54) is 0 Å². The largest absolute Gasteiger partial charge is 0.497 e. The van der Waals surface area contributed by atoms with Crippen LogP contribution in [-0.4, -0.2) is 27.6 Å². The van der Waals surface area contributed by atoms with Gasteiger partial charge in [0.25, 0.3) is 0 Å². The second kappa shape index (κ2) is 5.94. The van der Waals surface area contributed by atoms with Crippen molar-refractivity contribution in [2.45, 2.75) is 12.3 Å². The molecule has 3 N–H and O–H groups in total. The van der Waals surface area contributed by atoms with E-state index in [2.05, 4.69) is 15.3 Å². The van der Waals surface area contributed by atoms with Crippen molar-refractivity contribution in [2.24, 2.45) is 0 Å². The molecule has 1 unspecified atom stereocenters. The number of carbonyl (C=O) groups excluding carboxylic acids is 1. The number of rotatable bonds is 3. The first-order valence-electron chi connectivity index (χ1n) is 7.89. The van der Waals surface area contributed by atoms with Gasteiger partial charge in [-0.1, -0.05) is 6.07 Å². The number of ether oxygens (including phenoxy) is 1. The highest BCUT2D eigenvalue weighted by Crippen LogP contribution is 2.36. The summed E-state index contributed by atoms with van der Waals surface area (Å²) in [5, 5.41) is 2.78. The molecule has 1 aliphatic heterocycles.